The summed E-state index contributed by atoms with van der Waals surface area (Å²) in [6.07, 6.45) is 5.15. The van der Waals surface area contributed by atoms with E-state index in [4.69, 9.17) is 0 Å². The highest BCUT2D eigenvalue weighted by Gasteiger charge is 2.28. The van der Waals surface area contributed by atoms with Crippen LogP contribution < -0.4 is 16.0 Å². The van der Waals surface area contributed by atoms with Gasteiger partial charge < -0.3 is 16.0 Å². The predicted molar refractivity (Wildman–Crippen MR) is 76.5 cm³/mol. The Bertz CT molecular complexity index is 486. The minimum absolute atomic E-state index is 0.0916. The lowest BCUT2D eigenvalue weighted by atomic mass is 10.2. The van der Waals surface area contributed by atoms with Gasteiger partial charge in [-0.2, -0.15) is 0 Å². The Morgan fingerprint density at radius 3 is 2.75 bits per heavy atom. The van der Waals surface area contributed by atoms with E-state index in [0.717, 1.165) is 25.1 Å². The molecule has 0 aliphatic heterocycles. The summed E-state index contributed by atoms with van der Waals surface area (Å²) in [4.78, 5) is 27.4. The molecule has 1 aliphatic carbocycles. The molecule has 3 N–H and O–H groups in total. The normalized spacial score (nSPS) is 13.7. The van der Waals surface area contributed by atoms with E-state index in [1.54, 1.807) is 12.3 Å². The zero-order valence-electron chi connectivity index (χ0n) is 11.6. The summed E-state index contributed by atoms with van der Waals surface area (Å²) in [5.74, 6) is 0.105. The van der Waals surface area contributed by atoms with Crippen LogP contribution in [0.4, 0.5) is 5.69 Å². The minimum atomic E-state index is -0.185. The molecule has 1 aromatic rings. The predicted octanol–water partition coefficient (Wildman–Crippen LogP) is 0.769. The summed E-state index contributed by atoms with van der Waals surface area (Å²) in [5.41, 5.74) is 1.28. The summed E-state index contributed by atoms with van der Waals surface area (Å²) in [5, 5.41) is 8.70. The van der Waals surface area contributed by atoms with Crippen LogP contribution in [0.2, 0.25) is 0 Å². The topological polar surface area (TPSA) is 83.1 Å². The molecule has 0 bridgehead atoms. The molecule has 20 heavy (non-hydrogen) atoms. The van der Waals surface area contributed by atoms with Gasteiger partial charge in [-0.05, 0) is 25.8 Å². The van der Waals surface area contributed by atoms with Crippen LogP contribution in [-0.2, 0) is 4.79 Å². The molecule has 1 aliphatic rings. The van der Waals surface area contributed by atoms with Gasteiger partial charge >= 0.3 is 0 Å². The van der Waals surface area contributed by atoms with Gasteiger partial charge in [0.05, 0.1) is 11.3 Å². The van der Waals surface area contributed by atoms with E-state index in [2.05, 4.69) is 20.9 Å². The van der Waals surface area contributed by atoms with E-state index < -0.39 is 0 Å². The maximum atomic E-state index is 12.0. The number of nitrogens with zero attached hydrogens (tertiary/aromatic N) is 1. The molecule has 1 fully saturated rings. The van der Waals surface area contributed by atoms with E-state index in [9.17, 15) is 9.59 Å². The van der Waals surface area contributed by atoms with Crippen LogP contribution in [0.15, 0.2) is 18.5 Å². The second-order valence-electron chi connectivity index (χ2n) is 4.77. The summed E-state index contributed by atoms with van der Waals surface area (Å²) >= 11 is 0. The van der Waals surface area contributed by atoms with E-state index >= 15 is 0 Å². The number of anilines is 1. The van der Waals surface area contributed by atoms with Crippen LogP contribution in [0.25, 0.3) is 0 Å². The number of hydrogen-bond acceptors (Lipinski definition) is 4. The fourth-order valence-corrected chi connectivity index (χ4v) is 1.87. The van der Waals surface area contributed by atoms with Crippen molar-refractivity contribution >= 4 is 17.5 Å². The van der Waals surface area contributed by atoms with Crippen molar-refractivity contribution in [1.29, 1.82) is 0 Å². The van der Waals surface area contributed by atoms with Crippen molar-refractivity contribution in [2.24, 2.45) is 5.92 Å². The van der Waals surface area contributed by atoms with Gasteiger partial charge in [-0.25, -0.2) is 0 Å². The molecule has 2 amide bonds. The van der Waals surface area contributed by atoms with E-state index in [1.807, 2.05) is 6.92 Å². The number of hydrogen-bond donors (Lipinski definition) is 3. The first-order valence-electron chi connectivity index (χ1n) is 6.96. The second kappa shape index (κ2) is 6.88. The number of rotatable bonds is 7. The molecule has 0 unspecified atom stereocenters. The molecule has 6 heteroatoms. The number of carbonyl (C=O) groups excluding carboxylic acids is 2. The van der Waals surface area contributed by atoms with Gasteiger partial charge in [0.25, 0.3) is 5.91 Å². The monoisotopic (exact) mass is 276 g/mol. The molecule has 2 rings (SSSR count). The first-order valence-corrected chi connectivity index (χ1v) is 6.96. The van der Waals surface area contributed by atoms with Crippen LogP contribution in [0, 0.1) is 5.92 Å². The smallest absolute Gasteiger partial charge is 0.255 e. The first kappa shape index (κ1) is 14.3. The van der Waals surface area contributed by atoms with E-state index in [1.165, 1.54) is 6.20 Å². The Labute approximate surface area is 118 Å². The highest BCUT2D eigenvalue weighted by atomic mass is 16.2. The van der Waals surface area contributed by atoms with Crippen molar-refractivity contribution < 1.29 is 9.59 Å². The summed E-state index contributed by atoms with van der Waals surface area (Å²) in [7, 11) is 0. The lowest BCUT2D eigenvalue weighted by Gasteiger charge is -2.10. The molecule has 0 atom stereocenters. The van der Waals surface area contributed by atoms with Crippen LogP contribution in [-0.4, -0.2) is 36.4 Å². The first-order chi connectivity index (χ1) is 9.72. The standard InChI is InChI=1S/C14H20N4O2/c1-2-16-12-5-6-15-9-11(12)14(20)18-8-7-17-13(19)10-3-4-10/h5-6,9-10H,2-4,7-8H2,1H3,(H,15,16)(H,17,19)(H,18,20). The van der Waals surface area contributed by atoms with Gasteiger partial charge in [-0.1, -0.05) is 0 Å². The minimum Gasteiger partial charge on any atom is -0.385 e. The van der Waals surface area contributed by atoms with E-state index in [0.29, 0.717) is 18.7 Å². The summed E-state index contributed by atoms with van der Waals surface area (Å²) < 4.78 is 0. The largest absolute Gasteiger partial charge is 0.385 e. The fourth-order valence-electron chi connectivity index (χ4n) is 1.87. The Morgan fingerprint density at radius 1 is 1.30 bits per heavy atom. The van der Waals surface area contributed by atoms with Crippen LogP contribution in [0.1, 0.15) is 30.1 Å². The third kappa shape index (κ3) is 3.94. The Morgan fingerprint density at radius 2 is 2.05 bits per heavy atom. The van der Waals surface area contributed by atoms with Crippen molar-refractivity contribution in [3.05, 3.63) is 24.0 Å². The van der Waals surface area contributed by atoms with Crippen LogP contribution in [0.5, 0.6) is 0 Å². The average molecular weight is 276 g/mol. The molecular formula is C14H20N4O2. The molecule has 1 heterocycles. The van der Waals surface area contributed by atoms with Gasteiger partial charge in [0.15, 0.2) is 0 Å². The van der Waals surface area contributed by atoms with Gasteiger partial charge in [-0.3, -0.25) is 14.6 Å². The van der Waals surface area contributed by atoms with Gasteiger partial charge in [0, 0.05) is 37.9 Å². The lowest BCUT2D eigenvalue weighted by molar-refractivity contribution is -0.122. The number of pyridine rings is 1. The van der Waals surface area contributed by atoms with Crippen molar-refractivity contribution in [3.8, 4) is 0 Å². The van der Waals surface area contributed by atoms with E-state index in [-0.39, 0.29) is 17.7 Å². The van der Waals surface area contributed by atoms with Crippen molar-refractivity contribution in [2.45, 2.75) is 19.8 Å². The highest BCUT2D eigenvalue weighted by Crippen LogP contribution is 2.28. The Hall–Kier alpha value is -2.11. The van der Waals surface area contributed by atoms with Crippen molar-refractivity contribution in [3.63, 3.8) is 0 Å². The third-order valence-corrected chi connectivity index (χ3v) is 3.09. The molecule has 0 radical (unpaired) electrons. The lowest BCUT2D eigenvalue weighted by Crippen LogP contribution is -2.35. The Kier molecular flexibility index (Phi) is 4.92. The second-order valence-corrected chi connectivity index (χ2v) is 4.77. The molecule has 108 valence electrons. The van der Waals surface area contributed by atoms with Crippen LogP contribution >= 0.6 is 0 Å². The van der Waals surface area contributed by atoms with Crippen molar-refractivity contribution in [1.82, 2.24) is 15.6 Å². The van der Waals surface area contributed by atoms with Gasteiger partial charge in [0.1, 0.15) is 0 Å². The van der Waals surface area contributed by atoms with Gasteiger partial charge in [0.2, 0.25) is 5.91 Å². The maximum absolute atomic E-state index is 12.0. The highest BCUT2D eigenvalue weighted by molar-refractivity contribution is 5.99. The summed E-state index contributed by atoms with van der Waals surface area (Å²) in [6, 6.07) is 1.77. The maximum Gasteiger partial charge on any atom is 0.255 e. The molecular weight excluding hydrogens is 256 g/mol. The molecule has 1 saturated carbocycles. The third-order valence-electron chi connectivity index (χ3n) is 3.09. The SMILES string of the molecule is CCNc1ccncc1C(=O)NCCNC(=O)C1CC1. The number of carbonyl (C=O) groups is 2. The van der Waals surface area contributed by atoms with Gasteiger partial charge in [-0.15, -0.1) is 0 Å². The fraction of sp³-hybridized carbons (Fsp3) is 0.500. The molecule has 0 saturated heterocycles. The molecule has 1 aromatic heterocycles. The quantitative estimate of drug-likeness (QED) is 0.642. The molecule has 6 nitrogen and oxygen atoms in total. The Balaban J connectivity index is 1.77. The molecule has 0 spiro atoms. The molecule has 0 aromatic carbocycles. The zero-order valence-corrected chi connectivity index (χ0v) is 11.6. The average Bonchev–Trinajstić information content (AvgIpc) is 3.28. The number of aromatic nitrogens is 1. The van der Waals surface area contributed by atoms with Crippen LogP contribution in [0.3, 0.4) is 0 Å². The van der Waals surface area contributed by atoms with Crippen molar-refractivity contribution in [2.75, 3.05) is 25.0 Å². The summed E-state index contributed by atoms with van der Waals surface area (Å²) in [6.45, 7) is 3.58. The zero-order chi connectivity index (χ0) is 14.4. The number of nitrogens with one attached hydrogen (secondary N) is 3. The number of amides is 2.